The number of nitrogens with one attached hydrogen (secondary N) is 2. The molecule has 4 rings (SSSR count). The highest BCUT2D eigenvalue weighted by Crippen LogP contribution is 2.33. The number of amides is 2. The van der Waals surface area contributed by atoms with Gasteiger partial charge in [-0.05, 0) is 70.8 Å². The molecular formula is C35H30N2O5. The number of aldehydes is 1. The number of benzene rings is 4. The van der Waals surface area contributed by atoms with E-state index in [1.165, 1.54) is 18.2 Å². The van der Waals surface area contributed by atoms with E-state index in [9.17, 15) is 24.3 Å². The molecule has 0 radical (unpaired) electrons. The molecule has 3 N–H and O–H groups in total. The minimum atomic E-state index is -1.19. The van der Waals surface area contributed by atoms with Crippen LogP contribution in [0, 0.1) is 0 Å². The average Bonchev–Trinajstić information content (AvgIpc) is 3.00. The summed E-state index contributed by atoms with van der Waals surface area (Å²) in [5.41, 5.74) is 4.56. The number of carboxylic acid groups (broad SMARTS) is 1. The van der Waals surface area contributed by atoms with Gasteiger partial charge in [-0.2, -0.15) is 0 Å². The van der Waals surface area contributed by atoms with E-state index in [0.29, 0.717) is 23.2 Å². The minimum Gasteiger partial charge on any atom is -0.478 e. The first-order chi connectivity index (χ1) is 20.1. The fraction of sp³-hybridized carbons (Fsp3) is 0.0857. The first-order valence-electron chi connectivity index (χ1n) is 13.1. The number of carbonyl (C=O) groups excluding carboxylic acids is 3. The van der Waals surface area contributed by atoms with E-state index in [0.717, 1.165) is 16.7 Å². The van der Waals surface area contributed by atoms with Crippen LogP contribution in [0.2, 0.25) is 0 Å². The van der Waals surface area contributed by atoms with Crippen LogP contribution in [0.1, 0.15) is 77.5 Å². The van der Waals surface area contributed by atoms with Crippen LogP contribution in [-0.4, -0.2) is 29.2 Å². The van der Waals surface area contributed by atoms with E-state index in [2.05, 4.69) is 37.6 Å². The Bertz CT molecular complexity index is 1700. The minimum absolute atomic E-state index is 0.0563. The molecule has 0 saturated carbocycles. The number of carbonyl (C=O) groups is 4. The number of hydrogen-bond donors (Lipinski definition) is 3. The normalized spacial score (nSPS) is 10.8. The summed E-state index contributed by atoms with van der Waals surface area (Å²) in [4.78, 5) is 48.8. The van der Waals surface area contributed by atoms with Gasteiger partial charge in [0, 0.05) is 22.4 Å². The molecular weight excluding hydrogens is 528 g/mol. The number of aromatic carboxylic acids is 1. The van der Waals surface area contributed by atoms with Crippen LogP contribution in [0.4, 0.5) is 11.4 Å². The van der Waals surface area contributed by atoms with Gasteiger partial charge in [-0.25, -0.2) is 4.79 Å². The summed E-state index contributed by atoms with van der Waals surface area (Å²) in [6.07, 6.45) is 3.78. The monoisotopic (exact) mass is 558 g/mol. The molecule has 7 nitrogen and oxygen atoms in total. The lowest BCUT2D eigenvalue weighted by atomic mass is 9.78. The fourth-order valence-electron chi connectivity index (χ4n) is 4.58. The maximum Gasteiger partial charge on any atom is 0.336 e. The van der Waals surface area contributed by atoms with Crippen molar-refractivity contribution in [3.63, 3.8) is 0 Å². The van der Waals surface area contributed by atoms with Crippen molar-refractivity contribution >= 4 is 47.6 Å². The van der Waals surface area contributed by atoms with Crippen molar-refractivity contribution in [3.05, 3.63) is 143 Å². The number of rotatable bonds is 10. The van der Waals surface area contributed by atoms with Crippen molar-refractivity contribution in [2.45, 2.75) is 19.3 Å². The third kappa shape index (κ3) is 6.26. The standard InChI is InChI=1S/C35H30N2O5/c1-5-22-7-17-29(24(19-22)21-38)32(39)36-27-13-9-25(10-14-27)35(3,4)26-11-15-28(16-12-26)37-33(40)30-18-8-23(6-2)20-31(30)34(41)42/h5-21H,1-2H2,3-4H3,(H,36,39)(H,37,40)(H,41,42). The van der Waals surface area contributed by atoms with Crippen molar-refractivity contribution in [2.75, 3.05) is 10.6 Å². The molecule has 42 heavy (non-hydrogen) atoms. The van der Waals surface area contributed by atoms with Crippen LogP contribution in [-0.2, 0) is 5.41 Å². The third-order valence-electron chi connectivity index (χ3n) is 7.17. The third-order valence-corrected chi connectivity index (χ3v) is 7.17. The summed E-state index contributed by atoms with van der Waals surface area (Å²) in [5.74, 6) is -2.10. The quantitative estimate of drug-likeness (QED) is 0.177. The molecule has 4 aromatic carbocycles. The highest BCUT2D eigenvalue weighted by molar-refractivity contribution is 6.11. The maximum absolute atomic E-state index is 12.9. The van der Waals surface area contributed by atoms with E-state index in [-0.39, 0.29) is 28.2 Å². The van der Waals surface area contributed by atoms with Crippen LogP contribution in [0.3, 0.4) is 0 Å². The number of hydrogen-bond acceptors (Lipinski definition) is 4. The van der Waals surface area contributed by atoms with Gasteiger partial charge in [0.25, 0.3) is 11.8 Å². The SMILES string of the molecule is C=Cc1ccc(C(=O)Nc2ccc(C(C)(C)c3ccc(NC(=O)c4ccc(C=C)cc4C(=O)O)cc3)cc2)c(C=O)c1. The second kappa shape index (κ2) is 12.3. The molecule has 0 aliphatic rings. The molecule has 210 valence electrons. The summed E-state index contributed by atoms with van der Waals surface area (Å²) < 4.78 is 0. The summed E-state index contributed by atoms with van der Waals surface area (Å²) in [5, 5.41) is 15.1. The lowest BCUT2D eigenvalue weighted by Crippen LogP contribution is -2.20. The molecule has 0 aromatic heterocycles. The topological polar surface area (TPSA) is 113 Å². The molecule has 4 aromatic rings. The molecule has 7 heteroatoms. The van der Waals surface area contributed by atoms with Crippen LogP contribution in [0.25, 0.3) is 12.2 Å². The molecule has 0 heterocycles. The van der Waals surface area contributed by atoms with Gasteiger partial charge < -0.3 is 15.7 Å². The molecule has 0 aliphatic heterocycles. The van der Waals surface area contributed by atoms with Crippen LogP contribution >= 0.6 is 0 Å². The lowest BCUT2D eigenvalue weighted by Gasteiger charge is -2.26. The number of carboxylic acids is 1. The van der Waals surface area contributed by atoms with Crippen LogP contribution in [0.5, 0.6) is 0 Å². The molecule has 0 atom stereocenters. The predicted molar refractivity (Wildman–Crippen MR) is 166 cm³/mol. The molecule has 0 spiro atoms. The van der Waals surface area contributed by atoms with E-state index >= 15 is 0 Å². The average molecular weight is 559 g/mol. The smallest absolute Gasteiger partial charge is 0.336 e. The van der Waals surface area contributed by atoms with Gasteiger partial charge >= 0.3 is 5.97 Å². The Labute approximate surface area is 244 Å². The first-order valence-corrected chi connectivity index (χ1v) is 13.1. The summed E-state index contributed by atoms with van der Waals surface area (Å²) in [7, 11) is 0. The molecule has 2 amide bonds. The van der Waals surface area contributed by atoms with Crippen LogP contribution < -0.4 is 10.6 Å². The Hall–Kier alpha value is -5.56. The maximum atomic E-state index is 12.9. The Morgan fingerprint density at radius 3 is 1.57 bits per heavy atom. The van der Waals surface area contributed by atoms with Gasteiger partial charge in [0.15, 0.2) is 6.29 Å². The zero-order valence-corrected chi connectivity index (χ0v) is 23.3. The van der Waals surface area contributed by atoms with Gasteiger partial charge in [-0.3, -0.25) is 14.4 Å². The second-order valence-corrected chi connectivity index (χ2v) is 10.2. The van der Waals surface area contributed by atoms with E-state index < -0.39 is 17.3 Å². The van der Waals surface area contributed by atoms with Crippen molar-refractivity contribution in [1.82, 2.24) is 0 Å². The van der Waals surface area contributed by atoms with Crippen molar-refractivity contribution < 1.29 is 24.3 Å². The molecule has 0 saturated heterocycles. The van der Waals surface area contributed by atoms with Crippen molar-refractivity contribution in [3.8, 4) is 0 Å². The number of anilines is 2. The van der Waals surface area contributed by atoms with Crippen LogP contribution in [0.15, 0.2) is 98.1 Å². The Balaban J connectivity index is 1.47. The second-order valence-electron chi connectivity index (χ2n) is 10.2. The lowest BCUT2D eigenvalue weighted by molar-refractivity contribution is 0.0692. The molecule has 0 bridgehead atoms. The fourth-order valence-corrected chi connectivity index (χ4v) is 4.58. The summed E-state index contributed by atoms with van der Waals surface area (Å²) in [6, 6.07) is 24.3. The Morgan fingerprint density at radius 2 is 1.12 bits per heavy atom. The summed E-state index contributed by atoms with van der Waals surface area (Å²) >= 11 is 0. The van der Waals surface area contributed by atoms with E-state index in [1.807, 2.05) is 24.3 Å². The largest absolute Gasteiger partial charge is 0.478 e. The van der Waals surface area contributed by atoms with Gasteiger partial charge in [-0.1, -0.05) is 75.6 Å². The zero-order chi connectivity index (χ0) is 30.4. The van der Waals surface area contributed by atoms with E-state index in [4.69, 9.17) is 0 Å². The zero-order valence-electron chi connectivity index (χ0n) is 23.3. The van der Waals surface area contributed by atoms with Gasteiger partial charge in [0.2, 0.25) is 0 Å². The van der Waals surface area contributed by atoms with Crippen molar-refractivity contribution in [2.24, 2.45) is 0 Å². The predicted octanol–water partition coefficient (Wildman–Crippen LogP) is 7.31. The Kier molecular flexibility index (Phi) is 8.62. The van der Waals surface area contributed by atoms with Crippen molar-refractivity contribution in [1.29, 1.82) is 0 Å². The first kappa shape index (κ1) is 29.4. The molecule has 0 fully saturated rings. The molecule has 0 aliphatic carbocycles. The van der Waals surface area contributed by atoms with Gasteiger partial charge in [0.05, 0.1) is 16.7 Å². The van der Waals surface area contributed by atoms with Gasteiger partial charge in [-0.15, -0.1) is 0 Å². The van der Waals surface area contributed by atoms with E-state index in [1.54, 1.807) is 54.6 Å². The Morgan fingerprint density at radius 1 is 0.667 bits per heavy atom. The molecule has 0 unspecified atom stereocenters. The highest BCUT2D eigenvalue weighted by Gasteiger charge is 2.24. The summed E-state index contributed by atoms with van der Waals surface area (Å²) in [6.45, 7) is 11.4. The highest BCUT2D eigenvalue weighted by atomic mass is 16.4. The van der Waals surface area contributed by atoms with Gasteiger partial charge in [0.1, 0.15) is 0 Å².